The van der Waals surface area contributed by atoms with Gasteiger partial charge in [0.1, 0.15) is 6.04 Å². The summed E-state index contributed by atoms with van der Waals surface area (Å²) in [6.07, 6.45) is 0. The molecule has 1 unspecified atom stereocenters. The van der Waals surface area contributed by atoms with Crippen LogP contribution in [0.25, 0.3) is 0 Å². The van der Waals surface area contributed by atoms with E-state index in [1.165, 1.54) is 0 Å². The first-order valence-corrected chi connectivity index (χ1v) is 5.31. The Morgan fingerprint density at radius 2 is 2.29 bits per heavy atom. The maximum Gasteiger partial charge on any atom is 0.248 e. The molecule has 0 bridgehead atoms. The summed E-state index contributed by atoms with van der Waals surface area (Å²) in [4.78, 5) is 13.4. The van der Waals surface area contributed by atoms with Gasteiger partial charge in [-0.1, -0.05) is 22.0 Å². The molecule has 1 aromatic carbocycles. The number of carbonyl (C=O) groups excluding carboxylic acids is 1. The second-order valence-corrected chi connectivity index (χ2v) is 4.09. The van der Waals surface area contributed by atoms with Crippen LogP contribution in [0.3, 0.4) is 0 Å². The van der Waals surface area contributed by atoms with Crippen LogP contribution in [0.5, 0.6) is 0 Å². The van der Waals surface area contributed by atoms with Gasteiger partial charge in [-0.2, -0.15) is 0 Å². The first-order valence-electron chi connectivity index (χ1n) is 4.52. The summed E-state index contributed by atoms with van der Waals surface area (Å²) in [6, 6.07) is 5.23. The number of halogens is 1. The Morgan fingerprint density at radius 3 is 2.93 bits per heavy atom. The smallest absolute Gasteiger partial charge is 0.248 e. The molecule has 1 aromatic rings. The van der Waals surface area contributed by atoms with Gasteiger partial charge in [-0.3, -0.25) is 4.79 Å². The van der Waals surface area contributed by atoms with Gasteiger partial charge >= 0.3 is 0 Å². The molecule has 0 spiro atoms. The van der Waals surface area contributed by atoms with E-state index in [2.05, 4.69) is 15.9 Å². The molecule has 74 valence electrons. The Bertz CT molecular complexity index is 392. The van der Waals surface area contributed by atoms with Crippen LogP contribution < -0.4 is 10.6 Å². The molecular weight excluding hydrogens is 244 g/mol. The highest BCUT2D eigenvalue weighted by Gasteiger charge is 2.34. The van der Waals surface area contributed by atoms with Crippen molar-refractivity contribution in [2.24, 2.45) is 5.73 Å². The average molecular weight is 255 g/mol. The Kier molecular flexibility index (Phi) is 2.33. The van der Waals surface area contributed by atoms with Crippen molar-refractivity contribution < 1.29 is 4.79 Å². The lowest BCUT2D eigenvalue weighted by Crippen LogP contribution is -2.31. The highest BCUT2D eigenvalue weighted by Crippen LogP contribution is 2.38. The van der Waals surface area contributed by atoms with Crippen molar-refractivity contribution in [1.29, 1.82) is 0 Å². The predicted molar refractivity (Wildman–Crippen MR) is 59.1 cm³/mol. The first kappa shape index (κ1) is 9.68. The highest BCUT2D eigenvalue weighted by molar-refractivity contribution is 9.10. The van der Waals surface area contributed by atoms with E-state index in [9.17, 15) is 4.79 Å². The monoisotopic (exact) mass is 254 g/mol. The van der Waals surface area contributed by atoms with Gasteiger partial charge in [0.25, 0.3) is 0 Å². The second kappa shape index (κ2) is 3.37. The lowest BCUT2D eigenvalue weighted by atomic mass is 10.1. The van der Waals surface area contributed by atoms with Crippen LogP contribution in [0, 0.1) is 0 Å². The summed E-state index contributed by atoms with van der Waals surface area (Å²) < 4.78 is 0.909. The fraction of sp³-hybridized carbons (Fsp3) is 0.300. The Balaban J connectivity index is 2.61. The fourth-order valence-corrected chi connectivity index (χ4v) is 2.41. The summed E-state index contributed by atoms with van der Waals surface area (Å²) in [5.74, 6) is -0.0191. The minimum Gasteiger partial charge on any atom is -0.316 e. The largest absolute Gasteiger partial charge is 0.316 e. The lowest BCUT2D eigenvalue weighted by molar-refractivity contribution is -0.119. The van der Waals surface area contributed by atoms with Crippen LogP contribution >= 0.6 is 15.9 Å². The van der Waals surface area contributed by atoms with Gasteiger partial charge in [0.05, 0.1) is 5.69 Å². The molecule has 2 N–H and O–H groups in total. The summed E-state index contributed by atoms with van der Waals surface area (Å²) in [5.41, 5.74) is 7.67. The zero-order valence-electron chi connectivity index (χ0n) is 7.83. The van der Waals surface area contributed by atoms with Gasteiger partial charge in [0, 0.05) is 16.6 Å². The SMILES string of the molecule is CCN1C(=O)C(N)c2c(Br)cccc21. The number of hydrogen-bond acceptors (Lipinski definition) is 2. The van der Waals surface area contributed by atoms with E-state index in [1.807, 2.05) is 25.1 Å². The molecule has 1 aliphatic heterocycles. The number of anilines is 1. The van der Waals surface area contributed by atoms with Crippen LogP contribution in [0.15, 0.2) is 22.7 Å². The number of hydrogen-bond donors (Lipinski definition) is 1. The first-order chi connectivity index (χ1) is 6.66. The molecule has 0 saturated carbocycles. The summed E-state index contributed by atoms with van der Waals surface area (Å²) in [5, 5.41) is 0. The molecule has 0 radical (unpaired) electrons. The number of likely N-dealkylation sites (N-methyl/N-ethyl adjacent to an activating group) is 1. The van der Waals surface area contributed by atoms with Crippen molar-refractivity contribution in [3.8, 4) is 0 Å². The van der Waals surface area contributed by atoms with Gasteiger partial charge in [-0.25, -0.2) is 0 Å². The summed E-state index contributed by atoms with van der Waals surface area (Å²) in [6.45, 7) is 2.61. The summed E-state index contributed by atoms with van der Waals surface area (Å²) in [7, 11) is 0. The number of nitrogens with two attached hydrogens (primary N) is 1. The Labute approximate surface area is 91.0 Å². The third kappa shape index (κ3) is 1.18. The van der Waals surface area contributed by atoms with E-state index in [0.29, 0.717) is 6.54 Å². The molecule has 1 amide bonds. The van der Waals surface area contributed by atoms with E-state index in [-0.39, 0.29) is 5.91 Å². The normalized spacial score (nSPS) is 20.1. The van der Waals surface area contributed by atoms with Crippen LogP contribution in [-0.2, 0) is 4.79 Å². The van der Waals surface area contributed by atoms with Gasteiger partial charge in [-0.15, -0.1) is 0 Å². The van der Waals surface area contributed by atoms with Crippen molar-refractivity contribution in [2.75, 3.05) is 11.4 Å². The number of amides is 1. The molecule has 4 heteroatoms. The lowest BCUT2D eigenvalue weighted by Gasteiger charge is -2.14. The summed E-state index contributed by atoms with van der Waals surface area (Å²) >= 11 is 3.41. The van der Waals surface area contributed by atoms with Gasteiger partial charge in [0.15, 0.2) is 0 Å². The van der Waals surface area contributed by atoms with E-state index < -0.39 is 6.04 Å². The zero-order valence-corrected chi connectivity index (χ0v) is 9.41. The molecule has 0 aromatic heterocycles. The maximum atomic E-state index is 11.7. The van der Waals surface area contributed by atoms with E-state index in [0.717, 1.165) is 15.7 Å². The molecule has 0 saturated heterocycles. The van der Waals surface area contributed by atoms with E-state index >= 15 is 0 Å². The Hall–Kier alpha value is -0.870. The maximum absolute atomic E-state index is 11.7. The molecule has 14 heavy (non-hydrogen) atoms. The van der Waals surface area contributed by atoms with E-state index in [4.69, 9.17) is 5.73 Å². The number of nitrogens with zero attached hydrogens (tertiary/aromatic N) is 1. The van der Waals surface area contributed by atoms with Crippen molar-refractivity contribution in [2.45, 2.75) is 13.0 Å². The second-order valence-electron chi connectivity index (χ2n) is 3.23. The van der Waals surface area contributed by atoms with Crippen molar-refractivity contribution in [1.82, 2.24) is 0 Å². The van der Waals surface area contributed by atoms with E-state index in [1.54, 1.807) is 4.90 Å². The van der Waals surface area contributed by atoms with Crippen molar-refractivity contribution in [3.63, 3.8) is 0 Å². The molecular formula is C10H11BrN2O. The van der Waals surface area contributed by atoms with Crippen molar-refractivity contribution in [3.05, 3.63) is 28.2 Å². The third-order valence-electron chi connectivity index (χ3n) is 2.48. The van der Waals surface area contributed by atoms with Gasteiger partial charge in [-0.05, 0) is 19.1 Å². The number of benzene rings is 1. The topological polar surface area (TPSA) is 46.3 Å². The quantitative estimate of drug-likeness (QED) is 0.831. The molecule has 3 nitrogen and oxygen atoms in total. The van der Waals surface area contributed by atoms with Crippen LogP contribution in [0.4, 0.5) is 5.69 Å². The molecule has 0 fully saturated rings. The number of carbonyl (C=O) groups is 1. The number of rotatable bonds is 1. The van der Waals surface area contributed by atoms with Crippen LogP contribution in [0.1, 0.15) is 18.5 Å². The zero-order chi connectivity index (χ0) is 10.3. The standard InChI is InChI=1S/C10H11BrN2O/c1-2-13-7-5-3-4-6(11)8(7)9(12)10(13)14/h3-5,9H,2,12H2,1H3. The highest BCUT2D eigenvalue weighted by atomic mass is 79.9. The fourth-order valence-electron chi connectivity index (χ4n) is 1.81. The minimum atomic E-state index is -0.513. The van der Waals surface area contributed by atoms with Gasteiger partial charge < -0.3 is 10.6 Å². The van der Waals surface area contributed by atoms with Crippen LogP contribution in [0.2, 0.25) is 0 Å². The molecule has 2 rings (SSSR count). The molecule has 1 aliphatic rings. The van der Waals surface area contributed by atoms with Gasteiger partial charge in [0.2, 0.25) is 5.91 Å². The van der Waals surface area contributed by atoms with Crippen molar-refractivity contribution >= 4 is 27.5 Å². The average Bonchev–Trinajstić information content (AvgIpc) is 2.41. The molecule has 0 aliphatic carbocycles. The molecule has 1 heterocycles. The van der Waals surface area contributed by atoms with Crippen LogP contribution in [-0.4, -0.2) is 12.5 Å². The number of fused-ring (bicyclic) bond motifs is 1. The molecule has 1 atom stereocenters. The third-order valence-corrected chi connectivity index (χ3v) is 3.17. The predicted octanol–water partition coefficient (Wildman–Crippen LogP) is 1.82. The Morgan fingerprint density at radius 1 is 1.57 bits per heavy atom. The minimum absolute atomic E-state index is 0.0191.